The third-order valence-corrected chi connectivity index (χ3v) is 3.47. The van der Waals surface area contributed by atoms with E-state index in [0.29, 0.717) is 6.42 Å². The van der Waals surface area contributed by atoms with Gasteiger partial charge in [-0.2, -0.15) is 0 Å². The lowest BCUT2D eigenvalue weighted by molar-refractivity contribution is -0.121. The van der Waals surface area contributed by atoms with Crippen molar-refractivity contribution in [2.24, 2.45) is 5.92 Å². The lowest BCUT2D eigenvalue weighted by atomic mass is 10.1. The fourth-order valence-electron chi connectivity index (χ4n) is 2.08. The molecule has 0 heterocycles. The van der Waals surface area contributed by atoms with Crippen molar-refractivity contribution in [1.82, 2.24) is 10.6 Å². The monoisotopic (exact) mass is 260 g/mol. The van der Waals surface area contributed by atoms with Gasteiger partial charge in [-0.25, -0.2) is 0 Å². The third kappa shape index (κ3) is 6.39. The van der Waals surface area contributed by atoms with Crippen LogP contribution in [0.4, 0.5) is 0 Å². The molecule has 19 heavy (non-hydrogen) atoms. The highest BCUT2D eigenvalue weighted by Gasteiger charge is 2.20. The van der Waals surface area contributed by atoms with E-state index >= 15 is 0 Å². The first-order valence-corrected chi connectivity index (χ1v) is 7.36. The number of hydrogen-bond donors (Lipinski definition) is 2. The summed E-state index contributed by atoms with van der Waals surface area (Å²) in [6.07, 6.45) is 5.35. The van der Waals surface area contributed by atoms with E-state index in [-0.39, 0.29) is 5.91 Å². The summed E-state index contributed by atoms with van der Waals surface area (Å²) in [6, 6.07) is 10.4. The summed E-state index contributed by atoms with van der Waals surface area (Å²) in [5, 5.41) is 6.31. The smallest absolute Gasteiger partial charge is 0.221 e. The second kappa shape index (κ2) is 7.95. The highest BCUT2D eigenvalue weighted by atomic mass is 16.1. The number of benzene rings is 1. The molecule has 0 aliphatic heterocycles. The predicted molar refractivity (Wildman–Crippen MR) is 78.0 cm³/mol. The second-order valence-corrected chi connectivity index (χ2v) is 5.34. The van der Waals surface area contributed by atoms with Crippen LogP contribution in [0.15, 0.2) is 30.3 Å². The highest BCUT2D eigenvalue weighted by molar-refractivity contribution is 5.75. The molecule has 2 N–H and O–H groups in total. The Hall–Kier alpha value is -1.35. The van der Waals surface area contributed by atoms with E-state index < -0.39 is 0 Å². The van der Waals surface area contributed by atoms with E-state index in [4.69, 9.17) is 0 Å². The van der Waals surface area contributed by atoms with E-state index in [0.717, 1.165) is 38.4 Å². The minimum Gasteiger partial charge on any atom is -0.356 e. The van der Waals surface area contributed by atoms with E-state index in [2.05, 4.69) is 34.9 Å². The number of aryl methyl sites for hydroxylation is 1. The van der Waals surface area contributed by atoms with Gasteiger partial charge in [-0.3, -0.25) is 4.79 Å². The van der Waals surface area contributed by atoms with Crippen molar-refractivity contribution in [1.29, 1.82) is 0 Å². The maximum atomic E-state index is 11.6. The van der Waals surface area contributed by atoms with E-state index in [1.165, 1.54) is 18.4 Å². The van der Waals surface area contributed by atoms with Crippen LogP contribution in [0.1, 0.15) is 31.2 Å². The molecule has 0 spiro atoms. The minimum atomic E-state index is 0.163. The largest absolute Gasteiger partial charge is 0.356 e. The van der Waals surface area contributed by atoms with Gasteiger partial charge in [-0.05, 0) is 43.7 Å². The van der Waals surface area contributed by atoms with Crippen LogP contribution < -0.4 is 10.6 Å². The van der Waals surface area contributed by atoms with Crippen LogP contribution in [-0.4, -0.2) is 25.5 Å². The Morgan fingerprint density at radius 3 is 2.68 bits per heavy atom. The van der Waals surface area contributed by atoms with Crippen molar-refractivity contribution in [3.63, 3.8) is 0 Å². The number of rotatable bonds is 9. The van der Waals surface area contributed by atoms with Gasteiger partial charge in [-0.1, -0.05) is 30.3 Å². The Morgan fingerprint density at radius 2 is 1.95 bits per heavy atom. The molecule has 1 fully saturated rings. The zero-order chi connectivity index (χ0) is 13.3. The fraction of sp³-hybridized carbons (Fsp3) is 0.562. The molecule has 1 aromatic rings. The van der Waals surface area contributed by atoms with Gasteiger partial charge in [-0.15, -0.1) is 0 Å². The molecule has 1 amide bonds. The molecule has 0 unspecified atom stereocenters. The molecule has 0 radical (unpaired) electrons. The van der Waals surface area contributed by atoms with Gasteiger partial charge in [0, 0.05) is 19.5 Å². The van der Waals surface area contributed by atoms with Crippen LogP contribution in [0.25, 0.3) is 0 Å². The molecule has 3 heteroatoms. The highest BCUT2D eigenvalue weighted by Crippen LogP contribution is 2.27. The second-order valence-electron chi connectivity index (χ2n) is 5.34. The molecule has 1 aliphatic rings. The summed E-state index contributed by atoms with van der Waals surface area (Å²) in [5.41, 5.74) is 1.34. The summed E-state index contributed by atoms with van der Waals surface area (Å²) in [6.45, 7) is 2.67. The van der Waals surface area contributed by atoms with E-state index in [9.17, 15) is 4.79 Å². The SMILES string of the molecule is O=C(CCNCC1CC1)NCCCc1ccccc1. The Labute approximate surface area is 115 Å². The van der Waals surface area contributed by atoms with Crippen LogP contribution in [0.3, 0.4) is 0 Å². The van der Waals surface area contributed by atoms with Crippen molar-refractivity contribution in [2.45, 2.75) is 32.1 Å². The van der Waals surface area contributed by atoms with Crippen molar-refractivity contribution >= 4 is 5.91 Å². The molecule has 0 bridgehead atoms. The molecule has 1 saturated carbocycles. The number of carbonyl (C=O) groups is 1. The maximum Gasteiger partial charge on any atom is 0.221 e. The summed E-state index contributed by atoms with van der Waals surface area (Å²) in [5.74, 6) is 1.05. The van der Waals surface area contributed by atoms with Gasteiger partial charge in [0.25, 0.3) is 0 Å². The Bertz CT molecular complexity index is 374. The number of carbonyl (C=O) groups excluding carboxylic acids is 1. The van der Waals surface area contributed by atoms with Crippen molar-refractivity contribution < 1.29 is 4.79 Å². The first-order valence-electron chi connectivity index (χ1n) is 7.36. The first-order chi connectivity index (χ1) is 9.34. The summed E-state index contributed by atoms with van der Waals surface area (Å²) in [7, 11) is 0. The standard InChI is InChI=1S/C16H24N2O/c19-16(10-12-17-13-15-8-9-15)18-11-4-7-14-5-2-1-3-6-14/h1-3,5-6,15,17H,4,7-13H2,(H,18,19). The zero-order valence-electron chi connectivity index (χ0n) is 11.5. The molecule has 1 aromatic carbocycles. The number of nitrogens with one attached hydrogen (secondary N) is 2. The molecule has 3 nitrogen and oxygen atoms in total. The van der Waals surface area contributed by atoms with Crippen LogP contribution in [0.5, 0.6) is 0 Å². The van der Waals surface area contributed by atoms with E-state index in [1.807, 2.05) is 6.07 Å². The Balaban J connectivity index is 1.44. The zero-order valence-corrected chi connectivity index (χ0v) is 11.5. The first kappa shape index (κ1) is 14.1. The maximum absolute atomic E-state index is 11.6. The van der Waals surface area contributed by atoms with Gasteiger partial charge in [0.05, 0.1) is 0 Å². The average Bonchev–Trinajstić information content (AvgIpc) is 3.25. The van der Waals surface area contributed by atoms with E-state index in [1.54, 1.807) is 0 Å². The predicted octanol–water partition coefficient (Wildman–Crippen LogP) is 2.13. The lowest BCUT2D eigenvalue weighted by Gasteiger charge is -2.06. The molecule has 2 rings (SSSR count). The summed E-state index contributed by atoms with van der Waals surface area (Å²) in [4.78, 5) is 11.6. The Kier molecular flexibility index (Phi) is 5.89. The fourth-order valence-corrected chi connectivity index (χ4v) is 2.08. The van der Waals surface area contributed by atoms with Gasteiger partial charge in [0.15, 0.2) is 0 Å². The molecule has 104 valence electrons. The lowest BCUT2D eigenvalue weighted by Crippen LogP contribution is -2.29. The van der Waals surface area contributed by atoms with Gasteiger partial charge in [0.1, 0.15) is 0 Å². The van der Waals surface area contributed by atoms with Crippen molar-refractivity contribution in [3.05, 3.63) is 35.9 Å². The molecule has 0 aromatic heterocycles. The van der Waals surface area contributed by atoms with Crippen molar-refractivity contribution in [2.75, 3.05) is 19.6 Å². The topological polar surface area (TPSA) is 41.1 Å². The molecule has 1 aliphatic carbocycles. The van der Waals surface area contributed by atoms with Gasteiger partial charge >= 0.3 is 0 Å². The quantitative estimate of drug-likeness (QED) is 0.668. The summed E-state index contributed by atoms with van der Waals surface area (Å²) >= 11 is 0. The Morgan fingerprint density at radius 1 is 1.16 bits per heavy atom. The average molecular weight is 260 g/mol. The number of amides is 1. The van der Waals surface area contributed by atoms with Crippen LogP contribution in [0, 0.1) is 5.92 Å². The summed E-state index contributed by atoms with van der Waals surface area (Å²) < 4.78 is 0. The van der Waals surface area contributed by atoms with Crippen molar-refractivity contribution in [3.8, 4) is 0 Å². The number of hydrogen-bond acceptors (Lipinski definition) is 2. The van der Waals surface area contributed by atoms with Crippen LogP contribution >= 0.6 is 0 Å². The normalized spacial score (nSPS) is 14.3. The van der Waals surface area contributed by atoms with Crippen LogP contribution in [-0.2, 0) is 11.2 Å². The third-order valence-electron chi connectivity index (χ3n) is 3.47. The van der Waals surface area contributed by atoms with Gasteiger partial charge < -0.3 is 10.6 Å². The molecular weight excluding hydrogens is 236 g/mol. The molecule has 0 atom stereocenters. The molecular formula is C16H24N2O. The van der Waals surface area contributed by atoms with Gasteiger partial charge in [0.2, 0.25) is 5.91 Å². The minimum absolute atomic E-state index is 0.163. The van der Waals surface area contributed by atoms with Crippen LogP contribution in [0.2, 0.25) is 0 Å². The molecule has 0 saturated heterocycles.